The Morgan fingerprint density at radius 3 is 2.58 bits per heavy atom. The van der Waals surface area contributed by atoms with E-state index in [0.29, 0.717) is 32.8 Å². The highest BCUT2D eigenvalue weighted by molar-refractivity contribution is 6.42. The molecule has 1 unspecified atom stereocenters. The van der Waals surface area contributed by atoms with E-state index >= 15 is 0 Å². The van der Waals surface area contributed by atoms with E-state index in [0.717, 1.165) is 36.6 Å². The molecule has 4 aromatic rings. The van der Waals surface area contributed by atoms with Crippen LogP contribution < -0.4 is 5.56 Å². The summed E-state index contributed by atoms with van der Waals surface area (Å²) in [5.41, 5.74) is 2.63. The van der Waals surface area contributed by atoms with Gasteiger partial charge in [0.15, 0.2) is 0 Å². The molecule has 1 saturated carbocycles. The monoisotopic (exact) mass is 457 g/mol. The maximum atomic E-state index is 13.8. The summed E-state index contributed by atoms with van der Waals surface area (Å²) in [5, 5.41) is 5.48. The molecule has 2 aromatic carbocycles. The Hall–Kier alpha value is -2.37. The first-order valence-electron chi connectivity index (χ1n) is 10.6. The number of hydrogen-bond acceptors (Lipinski definition) is 2. The molecule has 0 radical (unpaired) electrons. The molecule has 1 aliphatic carbocycles. The molecular formula is C24H22Cl2FN3O. The Kier molecular flexibility index (Phi) is 5.27. The summed E-state index contributed by atoms with van der Waals surface area (Å²) < 4.78 is 15.5. The molecule has 0 aliphatic heterocycles. The normalized spacial score (nSPS) is 20.4. The van der Waals surface area contributed by atoms with Gasteiger partial charge in [0, 0.05) is 11.6 Å². The van der Waals surface area contributed by atoms with Crippen LogP contribution in [-0.4, -0.2) is 14.8 Å². The lowest BCUT2D eigenvalue weighted by atomic mass is 9.75. The number of rotatable bonds is 3. The maximum absolute atomic E-state index is 13.8. The second-order valence-electron chi connectivity index (χ2n) is 8.51. The fraction of sp³-hybridized carbons (Fsp3) is 0.333. The summed E-state index contributed by atoms with van der Waals surface area (Å²) in [5.74, 6) is 0.507. The van der Waals surface area contributed by atoms with Gasteiger partial charge in [-0.05, 0) is 86.4 Å². The summed E-state index contributed by atoms with van der Waals surface area (Å²) in [6.45, 7) is 2.09. The molecule has 5 rings (SSSR count). The molecule has 4 nitrogen and oxygen atoms in total. The van der Waals surface area contributed by atoms with Crippen LogP contribution in [0.25, 0.3) is 21.8 Å². The van der Waals surface area contributed by atoms with Crippen molar-refractivity contribution in [1.82, 2.24) is 14.8 Å². The highest BCUT2D eigenvalue weighted by atomic mass is 35.5. The average molecular weight is 458 g/mol. The number of H-pyrrole nitrogens is 1. The van der Waals surface area contributed by atoms with Gasteiger partial charge in [-0.3, -0.25) is 14.9 Å². The fourth-order valence-electron chi connectivity index (χ4n) is 5.03. The van der Waals surface area contributed by atoms with E-state index in [9.17, 15) is 9.18 Å². The maximum Gasteiger partial charge on any atom is 0.274 e. The van der Waals surface area contributed by atoms with E-state index in [2.05, 4.69) is 17.0 Å². The van der Waals surface area contributed by atoms with Crippen molar-refractivity contribution in [2.24, 2.45) is 5.92 Å². The summed E-state index contributed by atoms with van der Waals surface area (Å²) in [7, 11) is 0. The summed E-state index contributed by atoms with van der Waals surface area (Å²) in [6, 6.07) is 10.2. The Balaban J connectivity index is 1.38. The quantitative estimate of drug-likeness (QED) is 0.365. The van der Waals surface area contributed by atoms with Gasteiger partial charge in [0.1, 0.15) is 5.82 Å². The highest BCUT2D eigenvalue weighted by Gasteiger charge is 2.29. The third kappa shape index (κ3) is 3.64. The van der Waals surface area contributed by atoms with Crippen LogP contribution in [0.4, 0.5) is 4.39 Å². The van der Waals surface area contributed by atoms with E-state index in [1.165, 1.54) is 11.6 Å². The van der Waals surface area contributed by atoms with Crippen molar-refractivity contribution in [3.8, 4) is 0 Å². The third-order valence-electron chi connectivity index (χ3n) is 6.79. The number of hydrogen-bond donors (Lipinski definition) is 1. The topological polar surface area (TPSA) is 50.7 Å². The lowest BCUT2D eigenvalue weighted by Crippen LogP contribution is -2.28. The predicted molar refractivity (Wildman–Crippen MR) is 124 cm³/mol. The van der Waals surface area contributed by atoms with Crippen molar-refractivity contribution in [1.29, 1.82) is 0 Å². The Morgan fingerprint density at radius 2 is 1.81 bits per heavy atom. The van der Waals surface area contributed by atoms with Crippen molar-refractivity contribution in [3.63, 3.8) is 0 Å². The molecule has 160 valence electrons. The standard InChI is InChI=1S/C24H22Cl2FN3O/c1-13(30-24(31)19-11-20(25)21(26)12-23(19)29-30)14-2-4-15(5-3-14)17-8-9-28-22-7-6-16(27)10-18(17)22/h6-15,29H,2-5H2,1H3. The number of aromatic nitrogens is 3. The Labute approximate surface area is 189 Å². The van der Waals surface area contributed by atoms with Crippen LogP contribution in [0, 0.1) is 11.7 Å². The van der Waals surface area contributed by atoms with Crippen molar-refractivity contribution in [3.05, 3.63) is 74.4 Å². The van der Waals surface area contributed by atoms with E-state index in [-0.39, 0.29) is 17.4 Å². The van der Waals surface area contributed by atoms with Crippen LogP contribution >= 0.6 is 23.2 Å². The van der Waals surface area contributed by atoms with Gasteiger partial charge >= 0.3 is 0 Å². The van der Waals surface area contributed by atoms with Gasteiger partial charge in [-0.1, -0.05) is 23.2 Å². The minimum absolute atomic E-state index is 0.0324. The molecule has 1 fully saturated rings. The molecule has 0 spiro atoms. The van der Waals surface area contributed by atoms with Crippen molar-refractivity contribution >= 4 is 45.0 Å². The molecule has 31 heavy (non-hydrogen) atoms. The van der Waals surface area contributed by atoms with Crippen molar-refractivity contribution < 1.29 is 4.39 Å². The molecular weight excluding hydrogens is 436 g/mol. The first-order chi connectivity index (χ1) is 14.9. The molecule has 1 atom stereocenters. The van der Waals surface area contributed by atoms with Crippen molar-refractivity contribution in [2.45, 2.75) is 44.6 Å². The number of pyridine rings is 1. The Morgan fingerprint density at radius 1 is 1.06 bits per heavy atom. The SMILES string of the molecule is CC(C1CCC(c2ccnc3ccc(F)cc23)CC1)n1[nH]c2cc(Cl)c(Cl)cc2c1=O. The average Bonchev–Trinajstić information content (AvgIpc) is 3.08. The van der Waals surface area contributed by atoms with E-state index in [4.69, 9.17) is 23.2 Å². The molecule has 1 N–H and O–H groups in total. The zero-order chi connectivity index (χ0) is 21.7. The van der Waals surface area contributed by atoms with Crippen LogP contribution in [-0.2, 0) is 0 Å². The molecule has 2 aromatic heterocycles. The van der Waals surface area contributed by atoms with Crippen LogP contribution in [0.3, 0.4) is 0 Å². The molecule has 7 heteroatoms. The summed E-state index contributed by atoms with van der Waals surface area (Å²) in [4.78, 5) is 17.3. The third-order valence-corrected chi connectivity index (χ3v) is 7.51. The van der Waals surface area contributed by atoms with Crippen LogP contribution in [0.2, 0.25) is 10.0 Å². The van der Waals surface area contributed by atoms with E-state index in [1.807, 2.05) is 12.3 Å². The minimum Gasteiger partial charge on any atom is -0.295 e. The number of halogens is 3. The zero-order valence-electron chi connectivity index (χ0n) is 17.0. The molecule has 1 aliphatic rings. The van der Waals surface area contributed by atoms with E-state index in [1.54, 1.807) is 28.9 Å². The number of nitrogens with one attached hydrogen (secondary N) is 1. The molecule has 0 saturated heterocycles. The van der Waals surface area contributed by atoms with Gasteiger partial charge in [-0.15, -0.1) is 0 Å². The van der Waals surface area contributed by atoms with Gasteiger partial charge in [0.2, 0.25) is 0 Å². The second kappa shape index (κ2) is 7.95. The number of fused-ring (bicyclic) bond motifs is 2. The Bertz CT molecular complexity index is 1340. The van der Waals surface area contributed by atoms with Gasteiger partial charge in [-0.25, -0.2) is 9.07 Å². The first-order valence-corrected chi connectivity index (χ1v) is 11.3. The smallest absolute Gasteiger partial charge is 0.274 e. The van der Waals surface area contributed by atoms with Gasteiger partial charge in [0.25, 0.3) is 5.56 Å². The molecule has 2 heterocycles. The minimum atomic E-state index is -0.234. The van der Waals surface area contributed by atoms with Gasteiger partial charge < -0.3 is 0 Å². The number of aromatic amines is 1. The van der Waals surface area contributed by atoms with Crippen LogP contribution in [0.15, 0.2) is 47.4 Å². The van der Waals surface area contributed by atoms with Crippen LogP contribution in [0.5, 0.6) is 0 Å². The summed E-state index contributed by atoms with van der Waals surface area (Å²) >= 11 is 12.2. The van der Waals surface area contributed by atoms with E-state index < -0.39 is 0 Å². The number of benzene rings is 2. The largest absolute Gasteiger partial charge is 0.295 e. The zero-order valence-corrected chi connectivity index (χ0v) is 18.6. The molecule has 0 bridgehead atoms. The van der Waals surface area contributed by atoms with Gasteiger partial charge in [0.05, 0.1) is 32.5 Å². The predicted octanol–water partition coefficient (Wildman–Crippen LogP) is 6.86. The lowest BCUT2D eigenvalue weighted by molar-refractivity contribution is 0.233. The van der Waals surface area contributed by atoms with Gasteiger partial charge in [-0.2, -0.15) is 0 Å². The number of nitrogens with zero attached hydrogens (tertiary/aromatic N) is 2. The summed E-state index contributed by atoms with van der Waals surface area (Å²) in [6.07, 6.45) is 5.79. The van der Waals surface area contributed by atoms with Crippen LogP contribution in [0.1, 0.15) is 50.1 Å². The second-order valence-corrected chi connectivity index (χ2v) is 9.33. The lowest BCUT2D eigenvalue weighted by Gasteiger charge is -2.33. The first kappa shape index (κ1) is 20.5. The highest BCUT2D eigenvalue weighted by Crippen LogP contribution is 2.41. The fourth-order valence-corrected chi connectivity index (χ4v) is 5.36. The van der Waals surface area contributed by atoms with Crippen molar-refractivity contribution in [2.75, 3.05) is 0 Å². The molecule has 0 amide bonds.